The van der Waals surface area contributed by atoms with Crippen LogP contribution in [0.2, 0.25) is 0 Å². The number of carbonyl (C=O) groups excluding carboxylic acids is 1. The number of aliphatic imine (C=N–C) groups is 1. The van der Waals surface area contributed by atoms with Crippen molar-refractivity contribution in [3.63, 3.8) is 0 Å². The summed E-state index contributed by atoms with van der Waals surface area (Å²) in [6.45, 7) is 6.80. The van der Waals surface area contributed by atoms with Crippen molar-refractivity contribution in [3.8, 4) is 0 Å². The number of nitrogens with one attached hydrogen (secondary N) is 1. The number of amides is 1. The highest BCUT2D eigenvalue weighted by molar-refractivity contribution is 7.91. The normalized spacial score (nSPS) is 12.3. The number of aryl methyl sites for hydroxylation is 1. The largest absolute Gasteiger partial charge is 0.294 e. The SMILES string of the molecule is C=NC(=O)C(CC)c1cn(-n2c(C)ccc(NS(=O)(=O)Cc3ccccc3)c2=O)cn1. The van der Waals surface area contributed by atoms with E-state index in [9.17, 15) is 18.0 Å². The Morgan fingerprint density at radius 1 is 1.23 bits per heavy atom. The van der Waals surface area contributed by atoms with Gasteiger partial charge < -0.3 is 0 Å². The van der Waals surface area contributed by atoms with Crippen LogP contribution in [0.4, 0.5) is 5.69 Å². The zero-order valence-corrected chi connectivity index (χ0v) is 18.0. The van der Waals surface area contributed by atoms with E-state index in [-0.39, 0.29) is 11.4 Å². The predicted molar refractivity (Wildman–Crippen MR) is 119 cm³/mol. The summed E-state index contributed by atoms with van der Waals surface area (Å²) in [7, 11) is -3.80. The lowest BCUT2D eigenvalue weighted by Gasteiger charge is -2.14. The summed E-state index contributed by atoms with van der Waals surface area (Å²) in [4.78, 5) is 32.7. The van der Waals surface area contributed by atoms with E-state index in [0.29, 0.717) is 23.4 Å². The topological polar surface area (TPSA) is 115 Å². The Balaban J connectivity index is 1.94. The molecule has 0 fully saturated rings. The Bertz CT molecular complexity index is 1260. The van der Waals surface area contributed by atoms with Crippen LogP contribution in [0.15, 0.2) is 64.8 Å². The van der Waals surface area contributed by atoms with Crippen LogP contribution in [0.1, 0.15) is 36.2 Å². The molecule has 0 aliphatic rings. The van der Waals surface area contributed by atoms with E-state index in [4.69, 9.17) is 0 Å². The monoisotopic (exact) mass is 441 g/mol. The molecule has 0 saturated heterocycles. The highest BCUT2D eigenvalue weighted by Gasteiger charge is 2.21. The maximum atomic E-state index is 13.1. The van der Waals surface area contributed by atoms with Crippen LogP contribution in [0.25, 0.3) is 0 Å². The number of pyridine rings is 1. The molecule has 0 saturated carbocycles. The summed E-state index contributed by atoms with van der Waals surface area (Å²) in [5, 5.41) is 0. The van der Waals surface area contributed by atoms with Crippen LogP contribution >= 0.6 is 0 Å². The molecular formula is C21H23N5O4S. The molecule has 0 radical (unpaired) electrons. The first-order valence-electron chi connectivity index (χ1n) is 9.58. The standard InChI is InChI=1S/C21H23N5O4S/c1-4-17(20(27)22-3)19-12-25(14-23-19)26-15(2)10-11-18(21(26)28)24-31(29,30)13-16-8-6-5-7-9-16/h5-12,14,17,24H,3-4,13H2,1-2H3. The molecular weight excluding hydrogens is 418 g/mol. The first-order valence-corrected chi connectivity index (χ1v) is 11.2. The molecule has 3 aromatic rings. The van der Waals surface area contributed by atoms with Crippen LogP contribution in [0.5, 0.6) is 0 Å². The minimum atomic E-state index is -3.80. The van der Waals surface area contributed by atoms with Gasteiger partial charge in [-0.1, -0.05) is 37.3 Å². The average Bonchev–Trinajstić information content (AvgIpc) is 3.20. The molecule has 1 unspecified atom stereocenters. The number of rotatable bonds is 8. The molecule has 0 spiro atoms. The van der Waals surface area contributed by atoms with Crippen molar-refractivity contribution in [2.75, 3.05) is 4.72 Å². The molecule has 10 heteroatoms. The van der Waals surface area contributed by atoms with E-state index < -0.39 is 27.4 Å². The molecule has 0 bridgehead atoms. The quantitative estimate of drug-likeness (QED) is 0.539. The Morgan fingerprint density at radius 2 is 1.94 bits per heavy atom. The molecule has 0 aliphatic heterocycles. The zero-order valence-electron chi connectivity index (χ0n) is 17.2. The van der Waals surface area contributed by atoms with Crippen LogP contribution in [0, 0.1) is 6.92 Å². The van der Waals surface area contributed by atoms with Crippen molar-refractivity contribution in [1.82, 2.24) is 14.3 Å². The van der Waals surface area contributed by atoms with E-state index in [1.54, 1.807) is 49.5 Å². The number of anilines is 1. The van der Waals surface area contributed by atoms with Crippen molar-refractivity contribution >= 4 is 28.3 Å². The van der Waals surface area contributed by atoms with E-state index in [1.807, 2.05) is 6.92 Å². The van der Waals surface area contributed by atoms with Crippen molar-refractivity contribution in [2.24, 2.45) is 4.99 Å². The van der Waals surface area contributed by atoms with Gasteiger partial charge in [-0.25, -0.2) is 27.7 Å². The Morgan fingerprint density at radius 3 is 2.58 bits per heavy atom. The molecule has 1 atom stereocenters. The fourth-order valence-corrected chi connectivity index (χ4v) is 4.41. The lowest BCUT2D eigenvalue weighted by atomic mass is 10.0. The van der Waals surface area contributed by atoms with Crippen molar-refractivity contribution in [2.45, 2.75) is 31.9 Å². The maximum absolute atomic E-state index is 13.1. The lowest BCUT2D eigenvalue weighted by molar-refractivity contribution is -0.119. The molecule has 9 nitrogen and oxygen atoms in total. The number of benzene rings is 1. The first kappa shape index (κ1) is 22.2. The van der Waals surface area contributed by atoms with Crippen molar-refractivity contribution < 1.29 is 13.2 Å². The van der Waals surface area contributed by atoms with Gasteiger partial charge in [0.1, 0.15) is 12.0 Å². The van der Waals surface area contributed by atoms with Crippen molar-refractivity contribution in [1.29, 1.82) is 0 Å². The lowest BCUT2D eigenvalue weighted by Crippen LogP contribution is -2.31. The van der Waals surface area contributed by atoms with E-state index in [1.165, 1.54) is 21.7 Å². The first-order chi connectivity index (χ1) is 14.8. The highest BCUT2D eigenvalue weighted by atomic mass is 32.2. The number of imidazole rings is 1. The van der Waals surface area contributed by atoms with Gasteiger partial charge in [0, 0.05) is 5.69 Å². The molecule has 2 aromatic heterocycles. The molecule has 31 heavy (non-hydrogen) atoms. The van der Waals surface area contributed by atoms with Crippen molar-refractivity contribution in [3.05, 3.63) is 82.3 Å². The fraction of sp³-hybridized carbons (Fsp3) is 0.238. The second-order valence-corrected chi connectivity index (χ2v) is 8.71. The van der Waals surface area contributed by atoms with Gasteiger partial charge in [0.25, 0.3) is 11.5 Å². The minimum absolute atomic E-state index is 0.0901. The predicted octanol–water partition coefficient (Wildman–Crippen LogP) is 2.33. The summed E-state index contributed by atoms with van der Waals surface area (Å²) < 4.78 is 30.2. The molecule has 1 amide bonds. The number of sulfonamides is 1. The van der Waals surface area contributed by atoms with Crippen LogP contribution < -0.4 is 10.3 Å². The van der Waals surface area contributed by atoms with Gasteiger partial charge in [-0.3, -0.25) is 14.3 Å². The summed E-state index contributed by atoms with van der Waals surface area (Å²) in [5.41, 5.74) is 0.949. The maximum Gasteiger partial charge on any atom is 0.294 e. The van der Waals surface area contributed by atoms with Gasteiger partial charge >= 0.3 is 0 Å². The minimum Gasteiger partial charge on any atom is -0.278 e. The molecule has 1 aromatic carbocycles. The number of carbonyl (C=O) groups is 1. The molecule has 2 heterocycles. The number of nitrogens with zero attached hydrogens (tertiary/aromatic N) is 4. The third-order valence-electron chi connectivity index (χ3n) is 4.75. The number of hydrogen-bond donors (Lipinski definition) is 1. The second kappa shape index (κ2) is 9.09. The Hall–Kier alpha value is -3.53. The Kier molecular flexibility index (Phi) is 6.50. The third kappa shape index (κ3) is 4.97. The molecule has 162 valence electrons. The van der Waals surface area contributed by atoms with Gasteiger partial charge in [-0.2, -0.15) is 0 Å². The molecule has 1 N–H and O–H groups in total. The third-order valence-corrected chi connectivity index (χ3v) is 6.00. The van der Waals surface area contributed by atoms with Gasteiger partial charge in [-0.05, 0) is 37.8 Å². The molecule has 3 rings (SSSR count). The van der Waals surface area contributed by atoms with Crippen LogP contribution in [-0.4, -0.2) is 35.4 Å². The zero-order chi connectivity index (χ0) is 22.6. The average molecular weight is 442 g/mol. The molecule has 0 aliphatic carbocycles. The van der Waals surface area contributed by atoms with Gasteiger partial charge in [0.2, 0.25) is 10.0 Å². The van der Waals surface area contributed by atoms with Gasteiger partial charge in [-0.15, -0.1) is 0 Å². The van der Waals surface area contributed by atoms with Crippen LogP contribution in [0.3, 0.4) is 0 Å². The smallest absolute Gasteiger partial charge is 0.278 e. The van der Waals surface area contributed by atoms with E-state index in [0.717, 1.165) is 0 Å². The highest BCUT2D eigenvalue weighted by Crippen LogP contribution is 2.19. The van der Waals surface area contributed by atoms with E-state index >= 15 is 0 Å². The van der Waals surface area contributed by atoms with Crippen LogP contribution in [-0.2, 0) is 20.6 Å². The summed E-state index contributed by atoms with van der Waals surface area (Å²) in [6, 6.07) is 11.7. The number of aromatic nitrogens is 3. The summed E-state index contributed by atoms with van der Waals surface area (Å²) >= 11 is 0. The Labute approximate surface area is 180 Å². The second-order valence-electron chi connectivity index (χ2n) is 6.99. The van der Waals surface area contributed by atoms with Gasteiger partial charge in [0.15, 0.2) is 0 Å². The van der Waals surface area contributed by atoms with E-state index in [2.05, 4.69) is 21.4 Å². The number of hydrogen-bond acceptors (Lipinski definition) is 5. The van der Waals surface area contributed by atoms with Gasteiger partial charge in [0.05, 0.1) is 23.6 Å². The summed E-state index contributed by atoms with van der Waals surface area (Å²) in [5.74, 6) is -1.23. The summed E-state index contributed by atoms with van der Waals surface area (Å²) in [6.07, 6.45) is 3.42. The fourth-order valence-electron chi connectivity index (χ4n) is 3.22.